The Morgan fingerprint density at radius 3 is 2.45 bits per heavy atom. The second-order valence-electron chi connectivity index (χ2n) is 5.11. The molecule has 0 spiro atoms. The number of rotatable bonds is 4. The number of hydrogen-bond donors (Lipinski definition) is 0. The highest BCUT2D eigenvalue weighted by Gasteiger charge is 2.07. The lowest BCUT2D eigenvalue weighted by atomic mass is 9.99. The average molecular weight is 263 g/mol. The molecule has 0 heterocycles. The van der Waals surface area contributed by atoms with E-state index in [0.717, 1.165) is 6.42 Å². The first-order chi connectivity index (χ1) is 9.58. The Morgan fingerprint density at radius 1 is 1.10 bits per heavy atom. The molecule has 0 aliphatic rings. The van der Waals surface area contributed by atoms with Crippen molar-refractivity contribution in [1.82, 2.24) is 0 Å². The van der Waals surface area contributed by atoms with Crippen LogP contribution in [0.3, 0.4) is 0 Å². The van der Waals surface area contributed by atoms with Crippen LogP contribution in [0.4, 0.5) is 0 Å². The van der Waals surface area contributed by atoms with Crippen molar-refractivity contribution in [3.8, 4) is 6.07 Å². The molecular formula is C18H17NO. The van der Waals surface area contributed by atoms with Crippen LogP contribution in [0.1, 0.15) is 39.0 Å². The van der Waals surface area contributed by atoms with E-state index in [1.54, 1.807) is 24.3 Å². The van der Waals surface area contributed by atoms with Crippen LogP contribution in [0.2, 0.25) is 0 Å². The summed E-state index contributed by atoms with van der Waals surface area (Å²) in [6.45, 7) is 4.13. The Hall–Kier alpha value is -2.40. The van der Waals surface area contributed by atoms with Crippen LogP contribution in [0.15, 0.2) is 42.5 Å². The van der Waals surface area contributed by atoms with Crippen molar-refractivity contribution >= 4 is 5.78 Å². The van der Waals surface area contributed by atoms with Crippen molar-refractivity contribution in [1.29, 1.82) is 5.26 Å². The van der Waals surface area contributed by atoms with Crippen LogP contribution >= 0.6 is 0 Å². The second kappa shape index (κ2) is 6.16. The van der Waals surface area contributed by atoms with E-state index in [9.17, 15) is 4.79 Å². The molecular weight excluding hydrogens is 246 g/mol. The Balaban J connectivity index is 2.06. The van der Waals surface area contributed by atoms with Crippen molar-refractivity contribution in [2.24, 2.45) is 0 Å². The van der Waals surface area contributed by atoms with Gasteiger partial charge in [0.15, 0.2) is 5.78 Å². The van der Waals surface area contributed by atoms with Crippen molar-refractivity contribution in [3.05, 3.63) is 70.3 Å². The van der Waals surface area contributed by atoms with E-state index in [4.69, 9.17) is 5.26 Å². The lowest BCUT2D eigenvalue weighted by Crippen LogP contribution is -2.02. The molecule has 0 aromatic heterocycles. The van der Waals surface area contributed by atoms with Gasteiger partial charge in [-0.3, -0.25) is 4.79 Å². The highest BCUT2D eigenvalue weighted by Crippen LogP contribution is 2.13. The quantitative estimate of drug-likeness (QED) is 0.782. The van der Waals surface area contributed by atoms with Gasteiger partial charge >= 0.3 is 0 Å². The fraction of sp³-hybridized carbons (Fsp3) is 0.222. The lowest BCUT2D eigenvalue weighted by Gasteiger charge is -2.05. The summed E-state index contributed by atoms with van der Waals surface area (Å²) in [6, 6.07) is 15.3. The zero-order valence-electron chi connectivity index (χ0n) is 11.8. The van der Waals surface area contributed by atoms with Crippen LogP contribution in [0.25, 0.3) is 0 Å². The van der Waals surface area contributed by atoms with Gasteiger partial charge in [0.2, 0.25) is 0 Å². The molecule has 0 fully saturated rings. The molecule has 0 saturated heterocycles. The van der Waals surface area contributed by atoms with Gasteiger partial charge in [-0.1, -0.05) is 41.5 Å². The predicted octanol–water partition coefficient (Wildman–Crippen LogP) is 3.99. The Kier molecular flexibility index (Phi) is 4.32. The van der Waals surface area contributed by atoms with Crippen molar-refractivity contribution in [2.45, 2.75) is 26.7 Å². The number of Topliss-reactive ketones (excluding diaryl/α,β-unsaturated/α-hetero) is 1. The molecule has 2 aromatic carbocycles. The number of hydrogen-bond acceptors (Lipinski definition) is 2. The van der Waals surface area contributed by atoms with Gasteiger partial charge < -0.3 is 0 Å². The van der Waals surface area contributed by atoms with E-state index < -0.39 is 0 Å². The maximum Gasteiger partial charge on any atom is 0.163 e. The zero-order valence-corrected chi connectivity index (χ0v) is 11.8. The first-order valence-electron chi connectivity index (χ1n) is 6.69. The maximum absolute atomic E-state index is 12.1. The van der Waals surface area contributed by atoms with E-state index in [1.807, 2.05) is 0 Å². The van der Waals surface area contributed by atoms with Crippen molar-refractivity contribution in [2.75, 3.05) is 0 Å². The number of benzene rings is 2. The summed E-state index contributed by atoms with van der Waals surface area (Å²) in [5.74, 6) is 0.0845. The Morgan fingerprint density at radius 2 is 1.80 bits per heavy atom. The molecule has 0 amide bonds. The summed E-state index contributed by atoms with van der Waals surface area (Å²) in [7, 11) is 0. The van der Waals surface area contributed by atoms with Gasteiger partial charge in [0.1, 0.15) is 0 Å². The third kappa shape index (κ3) is 3.55. The molecule has 0 radical (unpaired) electrons. The van der Waals surface area contributed by atoms with E-state index in [2.05, 4.69) is 38.1 Å². The summed E-state index contributed by atoms with van der Waals surface area (Å²) in [6.07, 6.45) is 1.20. The molecule has 20 heavy (non-hydrogen) atoms. The summed E-state index contributed by atoms with van der Waals surface area (Å²) < 4.78 is 0. The Bertz CT molecular complexity index is 660. The minimum absolute atomic E-state index is 0.0845. The molecule has 0 atom stereocenters. The van der Waals surface area contributed by atoms with Crippen LogP contribution < -0.4 is 0 Å². The lowest BCUT2D eigenvalue weighted by molar-refractivity contribution is 0.0983. The summed E-state index contributed by atoms with van der Waals surface area (Å²) in [5, 5.41) is 8.85. The fourth-order valence-electron chi connectivity index (χ4n) is 2.38. The first-order valence-corrected chi connectivity index (χ1v) is 6.69. The second-order valence-corrected chi connectivity index (χ2v) is 5.11. The largest absolute Gasteiger partial charge is 0.294 e. The van der Waals surface area contributed by atoms with Gasteiger partial charge in [-0.15, -0.1) is 0 Å². The molecule has 0 bridgehead atoms. The normalized spacial score (nSPS) is 10.1. The molecule has 100 valence electrons. The van der Waals surface area contributed by atoms with E-state index in [1.165, 1.54) is 16.7 Å². The summed E-state index contributed by atoms with van der Waals surface area (Å²) >= 11 is 0. The minimum atomic E-state index is 0.0845. The van der Waals surface area contributed by atoms with E-state index in [0.29, 0.717) is 17.5 Å². The van der Waals surface area contributed by atoms with Gasteiger partial charge in [-0.05, 0) is 38.0 Å². The highest BCUT2D eigenvalue weighted by atomic mass is 16.1. The van der Waals surface area contributed by atoms with Crippen LogP contribution in [0.5, 0.6) is 0 Å². The average Bonchev–Trinajstić information content (AvgIpc) is 2.44. The van der Waals surface area contributed by atoms with Gasteiger partial charge in [0.05, 0.1) is 11.6 Å². The van der Waals surface area contributed by atoms with Crippen molar-refractivity contribution < 1.29 is 4.79 Å². The molecule has 0 aliphatic carbocycles. The topological polar surface area (TPSA) is 40.9 Å². The van der Waals surface area contributed by atoms with Gasteiger partial charge in [-0.25, -0.2) is 0 Å². The van der Waals surface area contributed by atoms with Crippen LogP contribution in [-0.2, 0) is 6.42 Å². The number of carbonyl (C=O) groups excluding carboxylic acids is 1. The molecule has 2 aromatic rings. The number of nitrogens with zero attached hydrogens (tertiary/aromatic N) is 1. The molecule has 2 nitrogen and oxygen atoms in total. The van der Waals surface area contributed by atoms with Gasteiger partial charge in [0, 0.05) is 12.0 Å². The standard InChI is InChI=1S/C18H17NO/c1-13-8-14(2)10-15(9-13)6-7-18(20)17-5-3-4-16(11-17)12-19/h3-5,8-11H,6-7H2,1-2H3. The van der Waals surface area contributed by atoms with Crippen LogP contribution in [-0.4, -0.2) is 5.78 Å². The van der Waals surface area contributed by atoms with E-state index >= 15 is 0 Å². The van der Waals surface area contributed by atoms with Crippen LogP contribution in [0, 0.1) is 25.2 Å². The molecule has 0 unspecified atom stereocenters. The molecule has 0 aliphatic heterocycles. The molecule has 2 heteroatoms. The summed E-state index contributed by atoms with van der Waals surface area (Å²) in [5.41, 5.74) is 4.78. The minimum Gasteiger partial charge on any atom is -0.294 e. The number of nitriles is 1. The number of aryl methyl sites for hydroxylation is 3. The smallest absolute Gasteiger partial charge is 0.163 e. The molecule has 0 saturated carbocycles. The Labute approximate surface area is 119 Å². The van der Waals surface area contributed by atoms with Gasteiger partial charge in [0.25, 0.3) is 0 Å². The number of carbonyl (C=O) groups is 1. The van der Waals surface area contributed by atoms with E-state index in [-0.39, 0.29) is 5.78 Å². The first kappa shape index (κ1) is 14.0. The third-order valence-corrected chi connectivity index (χ3v) is 3.24. The van der Waals surface area contributed by atoms with Crippen molar-refractivity contribution in [3.63, 3.8) is 0 Å². The molecule has 0 N–H and O–H groups in total. The summed E-state index contributed by atoms with van der Waals surface area (Å²) in [4.78, 5) is 12.1. The number of ketones is 1. The highest BCUT2D eigenvalue weighted by molar-refractivity contribution is 5.96. The third-order valence-electron chi connectivity index (χ3n) is 3.24. The van der Waals surface area contributed by atoms with Gasteiger partial charge in [-0.2, -0.15) is 5.26 Å². The monoisotopic (exact) mass is 263 g/mol. The zero-order chi connectivity index (χ0) is 14.5. The molecule has 2 rings (SSSR count). The predicted molar refractivity (Wildman–Crippen MR) is 79.7 cm³/mol. The maximum atomic E-state index is 12.1. The fourth-order valence-corrected chi connectivity index (χ4v) is 2.38. The SMILES string of the molecule is Cc1cc(C)cc(CCC(=O)c2cccc(C#N)c2)c1.